The van der Waals surface area contributed by atoms with Crippen LogP contribution in [0.2, 0.25) is 0 Å². The first kappa shape index (κ1) is 11.5. The minimum atomic E-state index is 0.0987. The van der Waals surface area contributed by atoms with Crippen LogP contribution in [-0.4, -0.2) is 5.25 Å². The maximum absolute atomic E-state index is 8.95. The number of rotatable bonds is 3. The number of thioether (sulfide) groups is 1. The SMILES string of the molecule is CCC(C#N)Sc1ccc2c(c1)CCCC2. The minimum absolute atomic E-state index is 0.0987. The predicted octanol–water partition coefficient (Wildman–Crippen LogP) is 3.96. The summed E-state index contributed by atoms with van der Waals surface area (Å²) in [5.41, 5.74) is 3.02. The maximum Gasteiger partial charge on any atom is 0.0961 e. The number of hydrogen-bond acceptors (Lipinski definition) is 2. The van der Waals surface area contributed by atoms with Gasteiger partial charge in [0, 0.05) is 4.90 Å². The molecule has 2 rings (SSSR count). The molecule has 0 aliphatic heterocycles. The van der Waals surface area contributed by atoms with Crippen LogP contribution in [0.5, 0.6) is 0 Å². The Kier molecular flexibility index (Phi) is 3.90. The molecular weight excluding hydrogens is 214 g/mol. The lowest BCUT2D eigenvalue weighted by atomic mass is 9.92. The number of benzene rings is 1. The monoisotopic (exact) mass is 231 g/mol. The highest BCUT2D eigenvalue weighted by Crippen LogP contribution is 2.29. The van der Waals surface area contributed by atoms with Crippen molar-refractivity contribution in [3.05, 3.63) is 29.3 Å². The fraction of sp³-hybridized carbons (Fsp3) is 0.500. The zero-order valence-corrected chi connectivity index (χ0v) is 10.5. The molecule has 1 aromatic rings. The molecule has 1 atom stereocenters. The summed E-state index contributed by atoms with van der Waals surface area (Å²) in [7, 11) is 0. The van der Waals surface area contributed by atoms with Crippen molar-refractivity contribution in [1.29, 1.82) is 5.26 Å². The third kappa shape index (κ3) is 2.59. The molecule has 0 saturated heterocycles. The second kappa shape index (κ2) is 5.41. The quantitative estimate of drug-likeness (QED) is 0.735. The van der Waals surface area contributed by atoms with E-state index < -0.39 is 0 Å². The first-order valence-corrected chi connectivity index (χ1v) is 6.89. The molecule has 1 nitrogen and oxygen atoms in total. The Hall–Kier alpha value is -0.940. The van der Waals surface area contributed by atoms with Crippen LogP contribution in [-0.2, 0) is 12.8 Å². The van der Waals surface area contributed by atoms with Gasteiger partial charge in [-0.25, -0.2) is 0 Å². The smallest absolute Gasteiger partial charge is 0.0961 e. The van der Waals surface area contributed by atoms with Gasteiger partial charge in [-0.2, -0.15) is 5.26 Å². The fourth-order valence-corrected chi connectivity index (χ4v) is 3.05. The second-order valence-corrected chi connectivity index (χ2v) is 5.56. The number of hydrogen-bond donors (Lipinski definition) is 0. The normalized spacial score (nSPS) is 16.2. The molecule has 0 fully saturated rings. The van der Waals surface area contributed by atoms with Crippen molar-refractivity contribution in [1.82, 2.24) is 0 Å². The minimum Gasteiger partial charge on any atom is -0.197 e. The number of nitrogens with zero attached hydrogens (tertiary/aromatic N) is 1. The Morgan fingerprint density at radius 3 is 2.75 bits per heavy atom. The van der Waals surface area contributed by atoms with Gasteiger partial charge in [-0.15, -0.1) is 11.8 Å². The molecule has 2 heteroatoms. The van der Waals surface area contributed by atoms with Gasteiger partial charge in [-0.1, -0.05) is 13.0 Å². The van der Waals surface area contributed by atoms with E-state index in [0.29, 0.717) is 0 Å². The molecule has 0 spiro atoms. The van der Waals surface area contributed by atoms with Gasteiger partial charge in [0.25, 0.3) is 0 Å². The summed E-state index contributed by atoms with van der Waals surface area (Å²) in [5.74, 6) is 0. The van der Waals surface area contributed by atoms with Crippen molar-refractivity contribution in [3.63, 3.8) is 0 Å². The average Bonchev–Trinajstić information content (AvgIpc) is 2.35. The Balaban J connectivity index is 2.14. The highest BCUT2D eigenvalue weighted by atomic mass is 32.2. The van der Waals surface area contributed by atoms with E-state index >= 15 is 0 Å². The summed E-state index contributed by atoms with van der Waals surface area (Å²) in [6, 6.07) is 9.06. The summed E-state index contributed by atoms with van der Waals surface area (Å²) in [6.45, 7) is 2.07. The van der Waals surface area contributed by atoms with Crippen molar-refractivity contribution in [2.75, 3.05) is 0 Å². The van der Waals surface area contributed by atoms with E-state index in [1.165, 1.54) is 41.7 Å². The van der Waals surface area contributed by atoms with Crippen molar-refractivity contribution in [2.45, 2.75) is 49.2 Å². The summed E-state index contributed by atoms with van der Waals surface area (Å²) < 4.78 is 0. The lowest BCUT2D eigenvalue weighted by Crippen LogP contribution is -2.03. The van der Waals surface area contributed by atoms with Crippen molar-refractivity contribution in [2.24, 2.45) is 0 Å². The molecular formula is C14H17NS. The van der Waals surface area contributed by atoms with E-state index in [-0.39, 0.29) is 5.25 Å². The molecule has 0 aromatic heterocycles. The zero-order valence-electron chi connectivity index (χ0n) is 9.70. The van der Waals surface area contributed by atoms with Crippen LogP contribution in [0.25, 0.3) is 0 Å². The largest absolute Gasteiger partial charge is 0.197 e. The fourth-order valence-electron chi connectivity index (χ4n) is 2.15. The van der Waals surface area contributed by atoms with E-state index in [2.05, 4.69) is 31.2 Å². The zero-order chi connectivity index (χ0) is 11.4. The van der Waals surface area contributed by atoms with Gasteiger partial charge in [0.05, 0.1) is 11.3 Å². The summed E-state index contributed by atoms with van der Waals surface area (Å²) in [4.78, 5) is 1.26. The van der Waals surface area contributed by atoms with Gasteiger partial charge in [0.2, 0.25) is 0 Å². The first-order chi connectivity index (χ1) is 7.83. The van der Waals surface area contributed by atoms with Crippen molar-refractivity contribution >= 4 is 11.8 Å². The summed E-state index contributed by atoms with van der Waals surface area (Å²) in [5, 5.41) is 9.05. The lowest BCUT2D eigenvalue weighted by Gasteiger charge is -2.16. The Morgan fingerprint density at radius 1 is 1.31 bits per heavy atom. The second-order valence-electron chi connectivity index (χ2n) is 4.28. The van der Waals surface area contributed by atoms with Crippen LogP contribution in [0.1, 0.15) is 37.3 Å². The molecule has 0 N–H and O–H groups in total. The maximum atomic E-state index is 8.95. The molecule has 1 unspecified atom stereocenters. The molecule has 0 heterocycles. The van der Waals surface area contributed by atoms with Crippen LogP contribution >= 0.6 is 11.8 Å². The summed E-state index contributed by atoms with van der Waals surface area (Å²) in [6.07, 6.45) is 6.01. The highest BCUT2D eigenvalue weighted by Gasteiger charge is 2.11. The van der Waals surface area contributed by atoms with E-state index in [9.17, 15) is 0 Å². The molecule has 0 radical (unpaired) electrons. The van der Waals surface area contributed by atoms with E-state index in [0.717, 1.165) is 6.42 Å². The van der Waals surface area contributed by atoms with Gasteiger partial charge in [0.1, 0.15) is 0 Å². The number of fused-ring (bicyclic) bond motifs is 1. The van der Waals surface area contributed by atoms with Gasteiger partial charge in [-0.3, -0.25) is 0 Å². The van der Waals surface area contributed by atoms with Crippen LogP contribution in [0.4, 0.5) is 0 Å². The van der Waals surface area contributed by atoms with E-state index in [1.54, 1.807) is 11.8 Å². The van der Waals surface area contributed by atoms with Crippen molar-refractivity contribution in [3.8, 4) is 6.07 Å². The third-order valence-electron chi connectivity index (χ3n) is 3.11. The summed E-state index contributed by atoms with van der Waals surface area (Å²) >= 11 is 1.70. The van der Waals surface area contributed by atoms with Gasteiger partial charge in [-0.05, 0) is 55.4 Å². The highest BCUT2D eigenvalue weighted by molar-refractivity contribution is 8.00. The van der Waals surface area contributed by atoms with Crippen LogP contribution in [0.15, 0.2) is 23.1 Å². The standard InChI is InChI=1S/C14H17NS/c1-2-13(10-15)16-14-8-7-11-5-3-4-6-12(11)9-14/h7-9,13H,2-6H2,1H3. The van der Waals surface area contributed by atoms with E-state index in [1.807, 2.05) is 0 Å². The molecule has 1 aliphatic carbocycles. The average molecular weight is 231 g/mol. The van der Waals surface area contributed by atoms with Crippen LogP contribution in [0.3, 0.4) is 0 Å². The lowest BCUT2D eigenvalue weighted by molar-refractivity contribution is 0.683. The molecule has 16 heavy (non-hydrogen) atoms. The van der Waals surface area contributed by atoms with Gasteiger partial charge >= 0.3 is 0 Å². The number of nitriles is 1. The van der Waals surface area contributed by atoms with Gasteiger partial charge in [0.15, 0.2) is 0 Å². The Labute approximate surface area is 102 Å². The van der Waals surface area contributed by atoms with E-state index in [4.69, 9.17) is 5.26 Å². The van der Waals surface area contributed by atoms with Crippen molar-refractivity contribution < 1.29 is 0 Å². The third-order valence-corrected chi connectivity index (χ3v) is 4.36. The predicted molar refractivity (Wildman–Crippen MR) is 68.6 cm³/mol. The Bertz CT molecular complexity index is 406. The molecule has 1 aromatic carbocycles. The molecule has 0 amide bonds. The van der Waals surface area contributed by atoms with Gasteiger partial charge < -0.3 is 0 Å². The topological polar surface area (TPSA) is 23.8 Å². The molecule has 1 aliphatic rings. The molecule has 0 bridgehead atoms. The number of aryl methyl sites for hydroxylation is 2. The van der Waals surface area contributed by atoms with Crippen LogP contribution in [0, 0.1) is 11.3 Å². The molecule has 84 valence electrons. The first-order valence-electron chi connectivity index (χ1n) is 6.01. The molecule has 0 saturated carbocycles. The van der Waals surface area contributed by atoms with Crippen LogP contribution < -0.4 is 0 Å². The Morgan fingerprint density at radius 2 is 2.06 bits per heavy atom.